The summed E-state index contributed by atoms with van der Waals surface area (Å²) in [7, 11) is 0. The molecule has 3 rings (SSSR count). The highest BCUT2D eigenvalue weighted by Crippen LogP contribution is 2.27. The van der Waals surface area contributed by atoms with Crippen LogP contribution in [0.4, 0.5) is 0 Å². The molecule has 5 nitrogen and oxygen atoms in total. The Hall–Kier alpha value is -1.62. The van der Waals surface area contributed by atoms with Crippen LogP contribution in [0.2, 0.25) is 5.15 Å². The molecule has 20 heavy (non-hydrogen) atoms. The summed E-state index contributed by atoms with van der Waals surface area (Å²) < 4.78 is 3.56. The Morgan fingerprint density at radius 2 is 2.10 bits per heavy atom. The van der Waals surface area contributed by atoms with Crippen LogP contribution in [0.1, 0.15) is 43.8 Å². The number of rotatable bonds is 3. The van der Waals surface area contributed by atoms with Gasteiger partial charge in [-0.05, 0) is 18.9 Å². The van der Waals surface area contributed by atoms with Gasteiger partial charge in [0.25, 0.3) is 5.56 Å². The molecule has 0 saturated heterocycles. The second kappa shape index (κ2) is 5.79. The van der Waals surface area contributed by atoms with Crippen LogP contribution in [0, 0.1) is 0 Å². The largest absolute Gasteiger partial charge is 0.293 e. The number of nitrogens with zero attached hydrogens (tertiary/aromatic N) is 4. The fourth-order valence-corrected chi connectivity index (χ4v) is 2.84. The van der Waals surface area contributed by atoms with Gasteiger partial charge >= 0.3 is 0 Å². The molecule has 1 fully saturated rings. The highest BCUT2D eigenvalue weighted by molar-refractivity contribution is 6.29. The summed E-state index contributed by atoms with van der Waals surface area (Å²) in [5.41, 5.74) is 0.721. The van der Waals surface area contributed by atoms with Gasteiger partial charge in [-0.1, -0.05) is 30.9 Å². The van der Waals surface area contributed by atoms with Crippen LogP contribution in [0.25, 0.3) is 0 Å². The van der Waals surface area contributed by atoms with Gasteiger partial charge < -0.3 is 0 Å². The minimum absolute atomic E-state index is 0.155. The van der Waals surface area contributed by atoms with Crippen molar-refractivity contribution in [1.82, 2.24) is 19.3 Å². The molecule has 0 bridgehead atoms. The summed E-state index contributed by atoms with van der Waals surface area (Å²) in [6, 6.07) is 3.80. The lowest BCUT2D eigenvalue weighted by molar-refractivity contribution is 0.328. The number of hydrogen-bond donors (Lipinski definition) is 0. The number of hydrogen-bond acceptors (Lipinski definition) is 3. The lowest BCUT2D eigenvalue weighted by Crippen LogP contribution is -2.20. The minimum Gasteiger partial charge on any atom is -0.293 e. The molecular weight excluding hydrogens is 276 g/mol. The molecule has 0 atom stereocenters. The third kappa shape index (κ3) is 2.93. The Labute approximate surface area is 122 Å². The smallest absolute Gasteiger partial charge is 0.255 e. The van der Waals surface area contributed by atoms with Crippen molar-refractivity contribution in [3.63, 3.8) is 0 Å². The molecule has 2 heterocycles. The first-order valence-electron chi connectivity index (χ1n) is 6.98. The number of aromatic nitrogens is 4. The molecule has 1 saturated carbocycles. The van der Waals surface area contributed by atoms with E-state index in [0.717, 1.165) is 5.69 Å². The molecule has 0 unspecified atom stereocenters. The highest BCUT2D eigenvalue weighted by atomic mass is 35.5. The molecule has 0 spiro atoms. The average Bonchev–Trinajstić information content (AvgIpc) is 2.92. The summed E-state index contributed by atoms with van der Waals surface area (Å²) in [5.74, 6) is 0. The van der Waals surface area contributed by atoms with Crippen LogP contribution in [0.5, 0.6) is 0 Å². The molecule has 1 aliphatic carbocycles. The van der Waals surface area contributed by atoms with Gasteiger partial charge in [0, 0.05) is 12.3 Å². The molecule has 2 aromatic rings. The van der Waals surface area contributed by atoms with Crippen LogP contribution in [-0.2, 0) is 6.54 Å². The fourth-order valence-electron chi connectivity index (χ4n) is 2.71. The van der Waals surface area contributed by atoms with Crippen molar-refractivity contribution in [2.75, 3.05) is 0 Å². The van der Waals surface area contributed by atoms with Crippen LogP contribution < -0.4 is 5.56 Å². The van der Waals surface area contributed by atoms with Crippen LogP contribution >= 0.6 is 11.6 Å². The van der Waals surface area contributed by atoms with Crippen molar-refractivity contribution in [2.45, 2.75) is 44.7 Å². The SMILES string of the molecule is O=c1cc(Cl)ncn1Cc1ccn(C2CCCCC2)n1. The van der Waals surface area contributed by atoms with Gasteiger partial charge in [0.15, 0.2) is 0 Å². The van der Waals surface area contributed by atoms with Crippen molar-refractivity contribution >= 4 is 11.6 Å². The molecule has 0 radical (unpaired) electrons. The van der Waals surface area contributed by atoms with Crippen LogP contribution in [-0.4, -0.2) is 19.3 Å². The second-order valence-corrected chi connectivity index (χ2v) is 5.64. The van der Waals surface area contributed by atoms with E-state index in [4.69, 9.17) is 11.6 Å². The second-order valence-electron chi connectivity index (χ2n) is 5.26. The summed E-state index contributed by atoms with van der Waals surface area (Å²) in [6.07, 6.45) is 9.76. The molecule has 0 aromatic carbocycles. The van der Waals surface area contributed by atoms with E-state index in [2.05, 4.69) is 10.1 Å². The first-order chi connectivity index (χ1) is 9.72. The lowest BCUT2D eigenvalue weighted by atomic mass is 9.96. The summed E-state index contributed by atoms with van der Waals surface area (Å²) >= 11 is 5.68. The maximum atomic E-state index is 11.8. The Balaban J connectivity index is 1.75. The van der Waals surface area contributed by atoms with Crippen molar-refractivity contribution in [3.05, 3.63) is 45.9 Å². The highest BCUT2D eigenvalue weighted by Gasteiger charge is 2.16. The van der Waals surface area contributed by atoms with Gasteiger partial charge in [-0.3, -0.25) is 14.0 Å². The van der Waals surface area contributed by atoms with Crippen molar-refractivity contribution in [2.24, 2.45) is 0 Å². The van der Waals surface area contributed by atoms with Crippen molar-refractivity contribution in [1.29, 1.82) is 0 Å². The van der Waals surface area contributed by atoms with Gasteiger partial charge in [0.2, 0.25) is 0 Å². The fraction of sp³-hybridized carbons (Fsp3) is 0.500. The minimum atomic E-state index is -0.155. The van der Waals surface area contributed by atoms with E-state index in [1.165, 1.54) is 49.1 Å². The van der Waals surface area contributed by atoms with Gasteiger partial charge in [-0.15, -0.1) is 0 Å². The molecule has 2 aromatic heterocycles. The Kier molecular flexibility index (Phi) is 3.87. The topological polar surface area (TPSA) is 52.7 Å². The molecule has 106 valence electrons. The third-order valence-corrected chi connectivity index (χ3v) is 4.00. The standard InChI is InChI=1S/C14H17ClN4O/c15-13-8-14(20)18(10-16-13)9-11-6-7-19(17-11)12-4-2-1-3-5-12/h6-8,10,12H,1-5,9H2. The predicted octanol–water partition coefficient (Wildman–Crippen LogP) is 2.65. The van der Waals surface area contributed by atoms with Gasteiger partial charge in [-0.25, -0.2) is 4.98 Å². The van der Waals surface area contributed by atoms with E-state index in [-0.39, 0.29) is 10.7 Å². The van der Waals surface area contributed by atoms with Crippen molar-refractivity contribution in [3.8, 4) is 0 Å². The average molecular weight is 293 g/mol. The van der Waals surface area contributed by atoms with Crippen molar-refractivity contribution < 1.29 is 0 Å². The quantitative estimate of drug-likeness (QED) is 0.817. The van der Waals surface area contributed by atoms with E-state index in [1.54, 1.807) is 0 Å². The Morgan fingerprint density at radius 3 is 2.85 bits per heavy atom. The molecule has 0 amide bonds. The molecule has 0 aliphatic heterocycles. The van der Waals surface area contributed by atoms with E-state index in [9.17, 15) is 4.79 Å². The number of halogens is 1. The molecule has 0 N–H and O–H groups in total. The van der Waals surface area contributed by atoms with Gasteiger partial charge in [-0.2, -0.15) is 5.10 Å². The van der Waals surface area contributed by atoms with Gasteiger partial charge in [0.1, 0.15) is 5.15 Å². The van der Waals surface area contributed by atoms with Crippen LogP contribution in [0.3, 0.4) is 0 Å². The third-order valence-electron chi connectivity index (χ3n) is 3.79. The Morgan fingerprint density at radius 1 is 1.30 bits per heavy atom. The maximum Gasteiger partial charge on any atom is 0.255 e. The van der Waals surface area contributed by atoms with E-state index >= 15 is 0 Å². The molecule has 1 aliphatic rings. The maximum absolute atomic E-state index is 11.8. The summed E-state index contributed by atoms with van der Waals surface area (Å²) in [5, 5.41) is 4.81. The first-order valence-corrected chi connectivity index (χ1v) is 7.36. The summed E-state index contributed by atoms with van der Waals surface area (Å²) in [6.45, 7) is 0.433. The van der Waals surface area contributed by atoms with E-state index in [0.29, 0.717) is 12.6 Å². The molecular formula is C14H17ClN4O. The lowest BCUT2D eigenvalue weighted by Gasteiger charge is -2.21. The van der Waals surface area contributed by atoms with Gasteiger partial charge in [0.05, 0.1) is 24.6 Å². The Bertz CT molecular complexity index is 643. The normalized spacial score (nSPS) is 16.4. The van der Waals surface area contributed by atoms with E-state index < -0.39 is 0 Å². The monoisotopic (exact) mass is 292 g/mol. The zero-order valence-corrected chi connectivity index (χ0v) is 12.0. The van der Waals surface area contributed by atoms with Crippen LogP contribution in [0.15, 0.2) is 29.5 Å². The predicted molar refractivity (Wildman–Crippen MR) is 77.0 cm³/mol. The summed E-state index contributed by atoms with van der Waals surface area (Å²) in [4.78, 5) is 15.7. The van der Waals surface area contributed by atoms with E-state index in [1.807, 2.05) is 16.9 Å². The molecule has 6 heteroatoms. The zero-order valence-electron chi connectivity index (χ0n) is 11.2. The first kappa shape index (κ1) is 13.4. The zero-order chi connectivity index (χ0) is 13.9.